The number of anilines is 3. The minimum absolute atomic E-state index is 0.132. The summed E-state index contributed by atoms with van der Waals surface area (Å²) in [5.41, 5.74) is 1.34. The highest BCUT2D eigenvalue weighted by atomic mass is 32.1. The van der Waals surface area contributed by atoms with E-state index < -0.39 is 0 Å². The lowest BCUT2D eigenvalue weighted by molar-refractivity contribution is -0.116. The van der Waals surface area contributed by atoms with Gasteiger partial charge in [0.2, 0.25) is 16.9 Å². The van der Waals surface area contributed by atoms with Gasteiger partial charge in [-0.2, -0.15) is 0 Å². The molecular formula is C20H21N5O2S2. The molecule has 29 heavy (non-hydrogen) atoms. The second-order valence-corrected chi connectivity index (χ2v) is 8.57. The monoisotopic (exact) mass is 427 g/mol. The van der Waals surface area contributed by atoms with Gasteiger partial charge in [0.05, 0.1) is 11.4 Å². The second kappa shape index (κ2) is 9.53. The van der Waals surface area contributed by atoms with Crippen LogP contribution in [-0.2, 0) is 16.0 Å². The third-order valence-electron chi connectivity index (χ3n) is 3.72. The molecule has 0 aliphatic carbocycles. The van der Waals surface area contributed by atoms with Crippen molar-refractivity contribution in [3.8, 4) is 0 Å². The first-order chi connectivity index (χ1) is 13.9. The zero-order valence-corrected chi connectivity index (χ0v) is 18.0. The largest absolute Gasteiger partial charge is 0.297 e. The first-order valence-electron chi connectivity index (χ1n) is 9.05. The molecule has 3 rings (SSSR count). The van der Waals surface area contributed by atoms with E-state index in [1.165, 1.54) is 35.7 Å². The highest BCUT2D eigenvalue weighted by molar-refractivity contribution is 7.15. The molecule has 9 heteroatoms. The summed E-state index contributed by atoms with van der Waals surface area (Å²) in [6.07, 6.45) is 3.83. The number of rotatable bonds is 7. The molecule has 0 atom stereocenters. The summed E-state index contributed by atoms with van der Waals surface area (Å²) in [5.74, 6) is 0.0429. The molecule has 0 fully saturated rings. The fourth-order valence-corrected chi connectivity index (χ4v) is 4.31. The third kappa shape index (κ3) is 5.78. The quantitative estimate of drug-likeness (QED) is 0.560. The third-order valence-corrected chi connectivity index (χ3v) is 5.42. The van der Waals surface area contributed by atoms with Crippen molar-refractivity contribution in [2.75, 3.05) is 10.2 Å². The Bertz CT molecular complexity index is 1010. The Kier molecular flexibility index (Phi) is 6.84. The van der Waals surface area contributed by atoms with Gasteiger partial charge in [0.15, 0.2) is 5.13 Å². The molecule has 7 nitrogen and oxygen atoms in total. The molecule has 0 saturated carbocycles. The van der Waals surface area contributed by atoms with Crippen LogP contribution in [0.1, 0.15) is 31.5 Å². The Labute approximate surface area is 177 Å². The molecular weight excluding hydrogens is 406 g/mol. The molecule has 0 saturated heterocycles. The SMILES string of the molecule is CC(=O)N(c1ccccc1)c1nc(/C=C/C(=O)Nc2nnc(CC(C)C)s2)cs1. The first kappa shape index (κ1) is 20.8. The Hall–Kier alpha value is -2.91. The maximum absolute atomic E-state index is 12.1. The van der Waals surface area contributed by atoms with Gasteiger partial charge in [0.25, 0.3) is 0 Å². The lowest BCUT2D eigenvalue weighted by Gasteiger charge is -2.17. The van der Waals surface area contributed by atoms with E-state index in [2.05, 4.69) is 34.3 Å². The minimum Gasteiger partial charge on any atom is -0.297 e. The molecule has 1 N–H and O–H groups in total. The molecule has 1 aromatic carbocycles. The van der Waals surface area contributed by atoms with Gasteiger partial charge in [0, 0.05) is 24.8 Å². The lowest BCUT2D eigenvalue weighted by atomic mass is 10.1. The van der Waals surface area contributed by atoms with Crippen LogP contribution in [0.2, 0.25) is 0 Å². The number of hydrogen-bond donors (Lipinski definition) is 1. The molecule has 0 aliphatic rings. The number of carbonyl (C=O) groups is 2. The Morgan fingerprint density at radius 1 is 1.21 bits per heavy atom. The summed E-state index contributed by atoms with van der Waals surface area (Å²) in [4.78, 5) is 30.2. The van der Waals surface area contributed by atoms with Crippen LogP contribution in [0.25, 0.3) is 6.08 Å². The van der Waals surface area contributed by atoms with Crippen molar-refractivity contribution in [3.05, 3.63) is 52.5 Å². The number of benzene rings is 1. The average Bonchev–Trinajstić information content (AvgIpc) is 3.30. The van der Waals surface area contributed by atoms with E-state index >= 15 is 0 Å². The van der Waals surface area contributed by atoms with Crippen molar-refractivity contribution < 1.29 is 9.59 Å². The van der Waals surface area contributed by atoms with Crippen LogP contribution in [0.15, 0.2) is 41.8 Å². The number of nitrogens with zero attached hydrogens (tertiary/aromatic N) is 4. The number of thiazole rings is 1. The van der Waals surface area contributed by atoms with E-state index in [0.29, 0.717) is 21.9 Å². The minimum atomic E-state index is -0.307. The van der Waals surface area contributed by atoms with Crippen molar-refractivity contribution in [2.24, 2.45) is 5.92 Å². The summed E-state index contributed by atoms with van der Waals surface area (Å²) in [5, 5.41) is 14.5. The highest BCUT2D eigenvalue weighted by Gasteiger charge is 2.17. The number of hydrogen-bond acceptors (Lipinski definition) is 7. The summed E-state index contributed by atoms with van der Waals surface area (Å²) in [6.45, 7) is 5.71. The number of amides is 2. The van der Waals surface area contributed by atoms with Crippen LogP contribution in [0.3, 0.4) is 0 Å². The van der Waals surface area contributed by atoms with E-state index in [1.807, 2.05) is 30.3 Å². The molecule has 2 heterocycles. The van der Waals surface area contributed by atoms with E-state index in [9.17, 15) is 9.59 Å². The maximum atomic E-state index is 12.1. The molecule has 0 radical (unpaired) electrons. The predicted molar refractivity (Wildman–Crippen MR) is 117 cm³/mol. The Morgan fingerprint density at radius 3 is 2.66 bits per heavy atom. The van der Waals surface area contributed by atoms with Gasteiger partial charge in [-0.15, -0.1) is 21.5 Å². The van der Waals surface area contributed by atoms with E-state index in [0.717, 1.165) is 17.1 Å². The van der Waals surface area contributed by atoms with Crippen molar-refractivity contribution in [3.63, 3.8) is 0 Å². The van der Waals surface area contributed by atoms with Crippen LogP contribution >= 0.6 is 22.7 Å². The van der Waals surface area contributed by atoms with E-state index in [1.54, 1.807) is 16.4 Å². The molecule has 0 spiro atoms. The van der Waals surface area contributed by atoms with Crippen LogP contribution in [0.4, 0.5) is 16.0 Å². The maximum Gasteiger partial charge on any atom is 0.250 e. The van der Waals surface area contributed by atoms with Gasteiger partial charge >= 0.3 is 0 Å². The van der Waals surface area contributed by atoms with Crippen molar-refractivity contribution in [2.45, 2.75) is 27.2 Å². The Morgan fingerprint density at radius 2 is 1.97 bits per heavy atom. The van der Waals surface area contributed by atoms with Gasteiger partial charge in [-0.25, -0.2) is 4.98 Å². The van der Waals surface area contributed by atoms with Crippen LogP contribution in [-0.4, -0.2) is 27.0 Å². The normalized spacial score (nSPS) is 11.2. The molecule has 0 bridgehead atoms. The van der Waals surface area contributed by atoms with Gasteiger partial charge in [-0.3, -0.25) is 19.8 Å². The van der Waals surface area contributed by atoms with Gasteiger partial charge in [-0.1, -0.05) is 43.4 Å². The predicted octanol–water partition coefficient (Wildman–Crippen LogP) is 4.53. The second-order valence-electron chi connectivity index (χ2n) is 6.67. The van der Waals surface area contributed by atoms with E-state index in [-0.39, 0.29) is 11.8 Å². The van der Waals surface area contributed by atoms with Crippen LogP contribution in [0.5, 0.6) is 0 Å². The zero-order valence-electron chi connectivity index (χ0n) is 16.3. The Balaban J connectivity index is 1.65. The van der Waals surface area contributed by atoms with Crippen LogP contribution in [0, 0.1) is 5.92 Å². The number of carbonyl (C=O) groups excluding carboxylic acids is 2. The number of nitrogens with one attached hydrogen (secondary N) is 1. The van der Waals surface area contributed by atoms with E-state index in [4.69, 9.17) is 0 Å². The average molecular weight is 428 g/mol. The van der Waals surface area contributed by atoms with Gasteiger partial charge in [0.1, 0.15) is 5.01 Å². The molecule has 150 valence electrons. The topological polar surface area (TPSA) is 88.1 Å². The zero-order chi connectivity index (χ0) is 20.8. The standard InChI is InChI=1S/C20H21N5O2S2/c1-13(2)11-18-23-24-19(29-18)22-17(27)10-9-15-12-28-20(21-15)25(14(3)26)16-7-5-4-6-8-16/h4-10,12-13H,11H2,1-3H3,(H,22,24,27)/b10-9+. The summed E-state index contributed by atoms with van der Waals surface area (Å²) < 4.78 is 0. The van der Waals surface area contributed by atoms with Crippen molar-refractivity contribution >= 4 is 56.5 Å². The number of para-hydroxylation sites is 1. The molecule has 2 amide bonds. The molecule has 0 unspecified atom stereocenters. The smallest absolute Gasteiger partial charge is 0.250 e. The van der Waals surface area contributed by atoms with Crippen LogP contribution < -0.4 is 10.2 Å². The van der Waals surface area contributed by atoms with Crippen molar-refractivity contribution in [1.29, 1.82) is 0 Å². The first-order valence-corrected chi connectivity index (χ1v) is 10.7. The van der Waals surface area contributed by atoms with Gasteiger partial charge in [-0.05, 0) is 24.1 Å². The molecule has 0 aliphatic heterocycles. The highest BCUT2D eigenvalue weighted by Crippen LogP contribution is 2.29. The fourth-order valence-electron chi connectivity index (χ4n) is 2.50. The summed E-state index contributed by atoms with van der Waals surface area (Å²) in [6, 6.07) is 9.32. The fraction of sp³-hybridized carbons (Fsp3) is 0.250. The summed E-state index contributed by atoms with van der Waals surface area (Å²) >= 11 is 2.71. The summed E-state index contributed by atoms with van der Waals surface area (Å²) in [7, 11) is 0. The molecule has 2 aromatic heterocycles. The molecule has 3 aromatic rings. The van der Waals surface area contributed by atoms with Crippen molar-refractivity contribution in [1.82, 2.24) is 15.2 Å². The number of aromatic nitrogens is 3. The van der Waals surface area contributed by atoms with Gasteiger partial charge < -0.3 is 0 Å². The lowest BCUT2D eigenvalue weighted by Crippen LogP contribution is -2.22.